The van der Waals surface area contributed by atoms with E-state index in [2.05, 4.69) is 25.6 Å². The number of amides is 1. The Labute approximate surface area is 198 Å². The van der Waals surface area contributed by atoms with Gasteiger partial charge in [0.05, 0.1) is 10.6 Å². The van der Waals surface area contributed by atoms with Crippen molar-refractivity contribution in [3.05, 3.63) is 95.9 Å². The summed E-state index contributed by atoms with van der Waals surface area (Å²) in [7, 11) is -3.25. The molecule has 0 spiro atoms. The zero-order valence-electron chi connectivity index (χ0n) is 18.7. The van der Waals surface area contributed by atoms with Crippen molar-refractivity contribution in [3.63, 3.8) is 0 Å². The maximum atomic E-state index is 12.7. The first-order valence-corrected chi connectivity index (χ1v) is 12.4. The second-order valence-corrected chi connectivity index (χ2v) is 9.78. The summed E-state index contributed by atoms with van der Waals surface area (Å²) in [6.45, 7) is 2.20. The van der Waals surface area contributed by atoms with Gasteiger partial charge in [0.25, 0.3) is 5.91 Å². The van der Waals surface area contributed by atoms with Crippen molar-refractivity contribution in [1.29, 1.82) is 0 Å². The molecule has 2 N–H and O–H groups in total. The highest BCUT2D eigenvalue weighted by atomic mass is 32.2. The highest BCUT2D eigenvalue weighted by molar-refractivity contribution is 7.90. The molecule has 0 aliphatic rings. The number of carbonyl (C=O) groups excluding carboxylic acids is 1. The first-order chi connectivity index (χ1) is 16.3. The van der Waals surface area contributed by atoms with Crippen LogP contribution in [0, 0.1) is 6.92 Å². The number of nitrogens with one attached hydrogen (secondary N) is 2. The number of nitrogens with zero attached hydrogens (tertiary/aromatic N) is 3. The fourth-order valence-electron chi connectivity index (χ4n) is 3.25. The van der Waals surface area contributed by atoms with Gasteiger partial charge in [-0.15, -0.1) is 0 Å². The average molecular weight is 474 g/mol. The summed E-state index contributed by atoms with van der Waals surface area (Å²) in [4.78, 5) is 25.9. The van der Waals surface area contributed by atoms with E-state index in [1.54, 1.807) is 48.9 Å². The summed E-state index contributed by atoms with van der Waals surface area (Å²) in [5.41, 5.74) is 4.54. The van der Waals surface area contributed by atoms with Crippen molar-refractivity contribution in [2.24, 2.45) is 0 Å². The Morgan fingerprint density at radius 1 is 1.00 bits per heavy atom. The van der Waals surface area contributed by atoms with Gasteiger partial charge in [0.15, 0.2) is 9.84 Å². The summed E-state index contributed by atoms with van der Waals surface area (Å²) in [5.74, 6) is 0.160. The molecule has 2 heterocycles. The number of aromatic nitrogens is 3. The normalized spacial score (nSPS) is 11.1. The number of pyridine rings is 1. The molecule has 1 amide bonds. The molecule has 0 radical (unpaired) electrons. The number of rotatable bonds is 7. The Balaban J connectivity index is 1.46. The van der Waals surface area contributed by atoms with Crippen LogP contribution in [0.25, 0.3) is 11.3 Å². The summed E-state index contributed by atoms with van der Waals surface area (Å²) < 4.78 is 23.2. The van der Waals surface area contributed by atoms with E-state index in [4.69, 9.17) is 0 Å². The van der Waals surface area contributed by atoms with Crippen LogP contribution < -0.4 is 10.6 Å². The fourth-order valence-corrected chi connectivity index (χ4v) is 3.88. The molecule has 0 unspecified atom stereocenters. The number of carbonyl (C=O) groups is 1. The second-order valence-electron chi connectivity index (χ2n) is 7.76. The van der Waals surface area contributed by atoms with Gasteiger partial charge in [-0.1, -0.05) is 18.2 Å². The second kappa shape index (κ2) is 9.80. The Morgan fingerprint density at radius 3 is 2.50 bits per heavy atom. The third kappa shape index (κ3) is 5.62. The SMILES string of the molecule is Cc1ccc(C(=O)NCc2ccc(S(C)(=O)=O)cc2)cc1Nc1nccc(-c2cccnc2)n1. The van der Waals surface area contributed by atoms with Gasteiger partial charge in [0.1, 0.15) is 0 Å². The number of anilines is 2. The van der Waals surface area contributed by atoms with Crippen molar-refractivity contribution in [2.75, 3.05) is 11.6 Å². The van der Waals surface area contributed by atoms with Crippen LogP contribution in [0.5, 0.6) is 0 Å². The molecule has 4 aromatic rings. The van der Waals surface area contributed by atoms with Crippen molar-refractivity contribution < 1.29 is 13.2 Å². The molecule has 0 aliphatic heterocycles. The van der Waals surface area contributed by atoms with Gasteiger partial charge < -0.3 is 10.6 Å². The van der Waals surface area contributed by atoms with E-state index in [9.17, 15) is 13.2 Å². The Morgan fingerprint density at radius 2 is 1.79 bits per heavy atom. The molecule has 0 aliphatic carbocycles. The molecule has 8 nitrogen and oxygen atoms in total. The van der Waals surface area contributed by atoms with Gasteiger partial charge in [0.2, 0.25) is 5.95 Å². The predicted molar refractivity (Wildman–Crippen MR) is 130 cm³/mol. The number of sulfone groups is 1. The molecule has 0 bridgehead atoms. The van der Waals surface area contributed by atoms with Crippen molar-refractivity contribution in [2.45, 2.75) is 18.4 Å². The number of benzene rings is 2. The molecule has 0 fully saturated rings. The molecule has 172 valence electrons. The minimum absolute atomic E-state index is 0.242. The lowest BCUT2D eigenvalue weighted by molar-refractivity contribution is 0.0951. The molecule has 4 rings (SSSR count). The third-order valence-corrected chi connectivity index (χ3v) is 6.29. The van der Waals surface area contributed by atoms with Crippen LogP contribution in [0.2, 0.25) is 0 Å². The largest absolute Gasteiger partial charge is 0.348 e. The van der Waals surface area contributed by atoms with E-state index in [1.807, 2.05) is 25.1 Å². The predicted octanol–water partition coefficient (Wildman–Crippen LogP) is 3.92. The van der Waals surface area contributed by atoms with Gasteiger partial charge >= 0.3 is 0 Å². The standard InChI is InChI=1S/C25H23N5O3S/c1-17-5-8-19(24(31)28-15-18-6-9-21(10-7-18)34(2,32)33)14-23(17)30-25-27-13-11-22(29-25)20-4-3-12-26-16-20/h3-14,16H,15H2,1-2H3,(H,28,31)(H,27,29,30). The van der Waals surface area contributed by atoms with Crippen molar-refractivity contribution in [3.8, 4) is 11.3 Å². The maximum absolute atomic E-state index is 12.7. The van der Waals surface area contributed by atoms with Crippen LogP contribution in [0.3, 0.4) is 0 Å². The first kappa shape index (κ1) is 23.1. The summed E-state index contributed by atoms with van der Waals surface area (Å²) in [5, 5.41) is 6.05. The van der Waals surface area contributed by atoms with E-state index >= 15 is 0 Å². The minimum Gasteiger partial charge on any atom is -0.348 e. The van der Waals surface area contributed by atoms with Gasteiger partial charge in [-0.05, 0) is 60.5 Å². The quantitative estimate of drug-likeness (QED) is 0.418. The Bertz CT molecular complexity index is 1420. The molecule has 34 heavy (non-hydrogen) atoms. The molecule has 2 aromatic carbocycles. The number of aryl methyl sites for hydroxylation is 1. The third-order valence-electron chi connectivity index (χ3n) is 5.16. The topological polar surface area (TPSA) is 114 Å². The Kier molecular flexibility index (Phi) is 6.65. The number of hydrogen-bond donors (Lipinski definition) is 2. The van der Waals surface area contributed by atoms with Gasteiger partial charge in [-0.25, -0.2) is 18.4 Å². The zero-order valence-corrected chi connectivity index (χ0v) is 19.5. The minimum atomic E-state index is -3.25. The van der Waals surface area contributed by atoms with Crippen LogP contribution in [0.15, 0.2) is 84.1 Å². The smallest absolute Gasteiger partial charge is 0.251 e. The molecule has 0 saturated carbocycles. The van der Waals surface area contributed by atoms with Crippen LogP contribution >= 0.6 is 0 Å². The average Bonchev–Trinajstić information content (AvgIpc) is 2.84. The van der Waals surface area contributed by atoms with Crippen molar-refractivity contribution >= 4 is 27.4 Å². The van der Waals surface area contributed by atoms with Crippen molar-refractivity contribution in [1.82, 2.24) is 20.3 Å². The van der Waals surface area contributed by atoms with Gasteiger partial charge in [-0.3, -0.25) is 9.78 Å². The summed E-state index contributed by atoms with van der Waals surface area (Å²) in [6.07, 6.45) is 6.26. The molecule has 0 atom stereocenters. The highest BCUT2D eigenvalue weighted by Crippen LogP contribution is 2.22. The lowest BCUT2D eigenvalue weighted by Crippen LogP contribution is -2.23. The highest BCUT2D eigenvalue weighted by Gasteiger charge is 2.11. The van der Waals surface area contributed by atoms with E-state index in [1.165, 1.54) is 12.1 Å². The van der Waals surface area contributed by atoms with E-state index in [0.717, 1.165) is 28.6 Å². The van der Waals surface area contributed by atoms with E-state index in [0.29, 0.717) is 17.2 Å². The Hall–Kier alpha value is -4.11. The molecule has 0 saturated heterocycles. The summed E-state index contributed by atoms with van der Waals surface area (Å²) in [6, 6.07) is 17.4. The van der Waals surface area contributed by atoms with Crippen LogP contribution in [-0.2, 0) is 16.4 Å². The van der Waals surface area contributed by atoms with Crippen LogP contribution in [0.1, 0.15) is 21.5 Å². The first-order valence-electron chi connectivity index (χ1n) is 10.5. The van der Waals surface area contributed by atoms with E-state index < -0.39 is 9.84 Å². The van der Waals surface area contributed by atoms with Gasteiger partial charge in [0, 0.05) is 48.2 Å². The maximum Gasteiger partial charge on any atom is 0.251 e. The summed E-state index contributed by atoms with van der Waals surface area (Å²) >= 11 is 0. The fraction of sp³-hybridized carbons (Fsp3) is 0.120. The van der Waals surface area contributed by atoms with E-state index in [-0.39, 0.29) is 17.3 Å². The zero-order chi connectivity index (χ0) is 24.1. The molecule has 9 heteroatoms. The molecular formula is C25H23N5O3S. The monoisotopic (exact) mass is 473 g/mol. The molecular weight excluding hydrogens is 450 g/mol. The van der Waals surface area contributed by atoms with Gasteiger partial charge in [-0.2, -0.15) is 0 Å². The lowest BCUT2D eigenvalue weighted by Gasteiger charge is -2.12. The number of hydrogen-bond acceptors (Lipinski definition) is 7. The van der Waals surface area contributed by atoms with Crippen LogP contribution in [-0.4, -0.2) is 35.5 Å². The van der Waals surface area contributed by atoms with Crippen LogP contribution in [0.4, 0.5) is 11.6 Å². The molecule has 2 aromatic heterocycles. The lowest BCUT2D eigenvalue weighted by atomic mass is 10.1.